The SMILES string of the molecule is Cl.Cl.O=S(=O)=C1CC1N1CCNCC1. The van der Waals surface area contributed by atoms with Crippen LogP contribution in [0.1, 0.15) is 6.42 Å². The molecule has 0 amide bonds. The minimum Gasteiger partial charge on any atom is -0.314 e. The van der Waals surface area contributed by atoms with Crippen LogP contribution in [0.2, 0.25) is 0 Å². The molecule has 1 heterocycles. The van der Waals surface area contributed by atoms with Gasteiger partial charge in [-0.15, -0.1) is 24.8 Å². The number of rotatable bonds is 1. The minimum absolute atomic E-state index is 0. The van der Waals surface area contributed by atoms with Gasteiger partial charge in [-0.25, -0.2) is 0 Å². The smallest absolute Gasteiger partial charge is 0.214 e. The van der Waals surface area contributed by atoms with Crippen LogP contribution in [0, 0.1) is 0 Å². The van der Waals surface area contributed by atoms with E-state index in [1.165, 1.54) is 0 Å². The molecule has 4 nitrogen and oxygen atoms in total. The fourth-order valence-corrected chi connectivity index (χ4v) is 2.30. The molecule has 0 aromatic heterocycles. The first-order valence-electron chi connectivity index (χ1n) is 4.19. The van der Waals surface area contributed by atoms with Crippen molar-refractivity contribution < 1.29 is 8.42 Å². The third-order valence-corrected chi connectivity index (χ3v) is 3.28. The summed E-state index contributed by atoms with van der Waals surface area (Å²) in [7, 11) is -1.93. The second-order valence-corrected chi connectivity index (χ2v) is 4.20. The molecule has 0 aromatic rings. The molecule has 2 aliphatic rings. The van der Waals surface area contributed by atoms with Crippen molar-refractivity contribution in [3.63, 3.8) is 0 Å². The Morgan fingerprint density at radius 2 is 1.79 bits per heavy atom. The maximum atomic E-state index is 10.5. The number of halogens is 2. The third kappa shape index (κ3) is 3.10. The Hall–Kier alpha value is 0.190. The molecular formula is C7H14Cl2N2O2S. The Kier molecular flexibility index (Phi) is 6.00. The van der Waals surface area contributed by atoms with Gasteiger partial charge in [0.1, 0.15) is 0 Å². The fraction of sp³-hybridized carbons (Fsp3) is 0.857. The highest BCUT2D eigenvalue weighted by molar-refractivity contribution is 7.73. The summed E-state index contributed by atoms with van der Waals surface area (Å²) >= 11 is 0. The van der Waals surface area contributed by atoms with Crippen molar-refractivity contribution in [2.24, 2.45) is 0 Å². The summed E-state index contributed by atoms with van der Waals surface area (Å²) in [4.78, 5) is 2.93. The van der Waals surface area contributed by atoms with E-state index in [-0.39, 0.29) is 30.9 Å². The molecular weight excluding hydrogens is 247 g/mol. The topological polar surface area (TPSA) is 49.4 Å². The molecule has 2 fully saturated rings. The zero-order chi connectivity index (χ0) is 8.55. The van der Waals surface area contributed by atoms with Crippen LogP contribution in [0.3, 0.4) is 0 Å². The van der Waals surface area contributed by atoms with Gasteiger partial charge in [-0.1, -0.05) is 0 Å². The predicted molar refractivity (Wildman–Crippen MR) is 61.3 cm³/mol. The quantitative estimate of drug-likeness (QED) is 0.650. The number of nitrogens with zero attached hydrogens (tertiary/aromatic N) is 1. The minimum atomic E-state index is -1.93. The second-order valence-electron chi connectivity index (χ2n) is 3.21. The molecule has 1 unspecified atom stereocenters. The third-order valence-electron chi connectivity index (χ3n) is 2.41. The molecule has 1 aliphatic heterocycles. The molecule has 1 saturated carbocycles. The van der Waals surface area contributed by atoms with E-state index >= 15 is 0 Å². The van der Waals surface area contributed by atoms with Gasteiger partial charge in [0, 0.05) is 32.6 Å². The normalized spacial score (nSPS) is 26.0. The lowest BCUT2D eigenvalue weighted by molar-refractivity contribution is 0.243. The summed E-state index contributed by atoms with van der Waals surface area (Å²) in [5, 5.41) is 3.24. The van der Waals surface area contributed by atoms with E-state index in [9.17, 15) is 8.42 Å². The Morgan fingerprint density at radius 1 is 1.21 bits per heavy atom. The van der Waals surface area contributed by atoms with E-state index in [0.29, 0.717) is 4.86 Å². The highest BCUT2D eigenvalue weighted by Crippen LogP contribution is 2.23. The zero-order valence-corrected chi connectivity index (χ0v) is 10.1. The molecule has 7 heteroatoms. The van der Waals surface area contributed by atoms with Crippen LogP contribution in [-0.4, -0.2) is 50.4 Å². The van der Waals surface area contributed by atoms with Crippen molar-refractivity contribution in [2.45, 2.75) is 12.5 Å². The van der Waals surface area contributed by atoms with E-state index in [1.807, 2.05) is 0 Å². The van der Waals surface area contributed by atoms with Crippen LogP contribution in [0.4, 0.5) is 0 Å². The van der Waals surface area contributed by atoms with Gasteiger partial charge in [-0.05, 0) is 0 Å². The molecule has 2 rings (SSSR count). The Bertz CT molecular complexity index is 304. The van der Waals surface area contributed by atoms with Crippen LogP contribution >= 0.6 is 24.8 Å². The Labute approximate surface area is 97.4 Å². The van der Waals surface area contributed by atoms with E-state index in [1.54, 1.807) is 0 Å². The van der Waals surface area contributed by atoms with Crippen LogP contribution in [0.5, 0.6) is 0 Å². The first-order chi connectivity index (χ1) is 5.79. The van der Waals surface area contributed by atoms with Gasteiger partial charge in [0.2, 0.25) is 10.3 Å². The molecule has 0 radical (unpaired) electrons. The highest BCUT2D eigenvalue weighted by Gasteiger charge is 2.38. The molecule has 0 bridgehead atoms. The maximum Gasteiger partial charge on any atom is 0.214 e. The molecule has 1 saturated heterocycles. The van der Waals surface area contributed by atoms with E-state index in [0.717, 1.165) is 32.6 Å². The summed E-state index contributed by atoms with van der Waals surface area (Å²) in [6.07, 6.45) is 0.760. The average molecular weight is 261 g/mol. The molecule has 0 aromatic carbocycles. The van der Waals surface area contributed by atoms with Gasteiger partial charge in [0.15, 0.2) is 0 Å². The lowest BCUT2D eigenvalue weighted by atomic mass is 10.3. The summed E-state index contributed by atoms with van der Waals surface area (Å²) in [5.41, 5.74) is 0. The summed E-state index contributed by atoms with van der Waals surface area (Å²) < 4.78 is 21.1. The van der Waals surface area contributed by atoms with Crippen molar-refractivity contribution in [2.75, 3.05) is 26.2 Å². The number of hydrogen-bond donors (Lipinski definition) is 1. The van der Waals surface area contributed by atoms with Gasteiger partial charge in [-0.2, -0.15) is 8.42 Å². The van der Waals surface area contributed by atoms with Crippen molar-refractivity contribution in [3.05, 3.63) is 0 Å². The summed E-state index contributed by atoms with van der Waals surface area (Å²) in [6, 6.07) is 0.241. The lowest BCUT2D eigenvalue weighted by Gasteiger charge is -2.26. The van der Waals surface area contributed by atoms with Gasteiger partial charge in [-0.3, -0.25) is 4.90 Å². The average Bonchev–Trinajstić information content (AvgIpc) is 2.84. The molecule has 1 aliphatic carbocycles. The van der Waals surface area contributed by atoms with E-state index in [2.05, 4.69) is 10.2 Å². The molecule has 14 heavy (non-hydrogen) atoms. The monoisotopic (exact) mass is 260 g/mol. The fourth-order valence-electron chi connectivity index (χ4n) is 1.64. The molecule has 1 atom stereocenters. The summed E-state index contributed by atoms with van der Waals surface area (Å²) in [5.74, 6) is 0. The van der Waals surface area contributed by atoms with Crippen LogP contribution in [0.15, 0.2) is 0 Å². The van der Waals surface area contributed by atoms with Crippen LogP contribution in [-0.2, 0) is 10.3 Å². The number of piperazine rings is 1. The van der Waals surface area contributed by atoms with Gasteiger partial charge < -0.3 is 5.32 Å². The van der Waals surface area contributed by atoms with Crippen LogP contribution < -0.4 is 5.32 Å². The highest BCUT2D eigenvalue weighted by atomic mass is 35.5. The number of hydrogen-bond acceptors (Lipinski definition) is 4. The van der Waals surface area contributed by atoms with E-state index < -0.39 is 10.3 Å². The Morgan fingerprint density at radius 3 is 2.21 bits per heavy atom. The molecule has 84 valence electrons. The summed E-state index contributed by atoms with van der Waals surface area (Å²) in [6.45, 7) is 3.92. The molecule has 0 spiro atoms. The predicted octanol–water partition coefficient (Wildman–Crippen LogP) is -0.441. The Balaban J connectivity index is 0.000000845. The largest absolute Gasteiger partial charge is 0.314 e. The number of nitrogens with one attached hydrogen (secondary N) is 1. The van der Waals surface area contributed by atoms with Gasteiger partial charge in [0.25, 0.3) is 0 Å². The zero-order valence-electron chi connectivity index (χ0n) is 7.60. The second kappa shape index (κ2) is 5.92. The van der Waals surface area contributed by atoms with Crippen molar-refractivity contribution >= 4 is 40.0 Å². The first kappa shape index (κ1) is 14.2. The maximum absolute atomic E-state index is 10.5. The van der Waals surface area contributed by atoms with E-state index in [4.69, 9.17) is 0 Å². The standard InChI is InChI=1S/C7H12N2O2S.2ClH/c10-12(11)7-5-6(7)9-3-1-8-2-4-9;;/h6,8H,1-5H2;2*1H. The van der Waals surface area contributed by atoms with Crippen molar-refractivity contribution in [1.82, 2.24) is 10.2 Å². The van der Waals surface area contributed by atoms with Gasteiger partial charge >= 0.3 is 0 Å². The van der Waals surface area contributed by atoms with Crippen molar-refractivity contribution in [1.29, 1.82) is 0 Å². The van der Waals surface area contributed by atoms with Crippen LogP contribution in [0.25, 0.3) is 0 Å². The first-order valence-corrected chi connectivity index (χ1v) is 5.26. The van der Waals surface area contributed by atoms with Crippen molar-refractivity contribution in [3.8, 4) is 0 Å². The molecule has 1 N–H and O–H groups in total. The van der Waals surface area contributed by atoms with Gasteiger partial charge in [0.05, 0.1) is 10.9 Å². The lowest BCUT2D eigenvalue weighted by Crippen LogP contribution is -2.45.